The van der Waals surface area contributed by atoms with Crippen molar-refractivity contribution in [2.45, 2.75) is 26.4 Å². The fraction of sp³-hybridized carbons (Fsp3) is 0.533. The smallest absolute Gasteiger partial charge is 0.322 e. The largest absolute Gasteiger partial charge is 0.492 e. The van der Waals surface area contributed by atoms with E-state index in [2.05, 4.69) is 5.32 Å². The Morgan fingerprint density at radius 2 is 2.33 bits per heavy atom. The third-order valence-corrected chi connectivity index (χ3v) is 3.69. The highest BCUT2D eigenvalue weighted by Crippen LogP contribution is 2.26. The summed E-state index contributed by atoms with van der Waals surface area (Å²) in [6.45, 7) is 5.03. The molecule has 21 heavy (non-hydrogen) atoms. The highest BCUT2D eigenvalue weighted by atomic mass is 19.1. The van der Waals surface area contributed by atoms with E-state index < -0.39 is 11.9 Å². The number of ether oxygens (including phenoxy) is 1. The number of aliphatic hydroxyl groups excluding tert-OH is 1. The van der Waals surface area contributed by atoms with Crippen molar-refractivity contribution >= 4 is 11.7 Å². The van der Waals surface area contributed by atoms with Gasteiger partial charge in [0.05, 0.1) is 18.4 Å². The van der Waals surface area contributed by atoms with Gasteiger partial charge in [-0.2, -0.15) is 0 Å². The van der Waals surface area contributed by atoms with Crippen molar-refractivity contribution in [3.8, 4) is 5.75 Å². The number of amides is 2. The Balaban J connectivity index is 2.05. The molecule has 2 rings (SSSR count). The van der Waals surface area contributed by atoms with Crippen molar-refractivity contribution in [1.29, 1.82) is 0 Å². The topological polar surface area (TPSA) is 61.8 Å². The first kappa shape index (κ1) is 15.6. The maximum atomic E-state index is 13.2. The van der Waals surface area contributed by atoms with Gasteiger partial charge in [0.15, 0.2) is 0 Å². The molecule has 0 aliphatic carbocycles. The van der Waals surface area contributed by atoms with Crippen LogP contribution in [0.2, 0.25) is 0 Å². The van der Waals surface area contributed by atoms with E-state index in [0.29, 0.717) is 31.1 Å². The highest BCUT2D eigenvalue weighted by Gasteiger charge is 2.27. The normalized spacial score (nSPS) is 22.0. The molecule has 6 heteroatoms. The Kier molecular flexibility index (Phi) is 5.01. The lowest BCUT2D eigenvalue weighted by molar-refractivity contribution is 0.0463. The van der Waals surface area contributed by atoms with E-state index >= 15 is 0 Å². The summed E-state index contributed by atoms with van der Waals surface area (Å²) in [5.74, 6) is 0.0781. The number of hydrogen-bond acceptors (Lipinski definition) is 3. The lowest BCUT2D eigenvalue weighted by Gasteiger charge is -2.34. The molecule has 0 spiro atoms. The predicted molar refractivity (Wildman–Crippen MR) is 77.9 cm³/mol. The van der Waals surface area contributed by atoms with Crippen LogP contribution in [-0.2, 0) is 0 Å². The number of hydrogen-bond donors (Lipinski definition) is 2. The Morgan fingerprint density at radius 3 is 3.00 bits per heavy atom. The summed E-state index contributed by atoms with van der Waals surface area (Å²) >= 11 is 0. The van der Waals surface area contributed by atoms with Crippen LogP contribution in [-0.4, -0.2) is 41.8 Å². The van der Waals surface area contributed by atoms with Crippen LogP contribution in [0.4, 0.5) is 14.9 Å². The number of anilines is 1. The first-order chi connectivity index (χ1) is 10.0. The van der Waals surface area contributed by atoms with Crippen molar-refractivity contribution in [3.63, 3.8) is 0 Å². The summed E-state index contributed by atoms with van der Waals surface area (Å²) in [7, 11) is 0. The minimum atomic E-state index is -0.510. The zero-order valence-corrected chi connectivity index (χ0v) is 12.3. The summed E-state index contributed by atoms with van der Waals surface area (Å²) in [5, 5.41) is 12.6. The summed E-state index contributed by atoms with van der Waals surface area (Å²) < 4.78 is 18.5. The molecule has 0 aromatic heterocycles. The number of aliphatic hydroxyl groups is 1. The summed E-state index contributed by atoms with van der Waals surface area (Å²) in [5.41, 5.74) is 0.427. The first-order valence-corrected chi connectivity index (χ1v) is 7.17. The van der Waals surface area contributed by atoms with E-state index in [1.54, 1.807) is 11.8 Å². The zero-order valence-electron chi connectivity index (χ0n) is 12.3. The highest BCUT2D eigenvalue weighted by molar-refractivity contribution is 5.91. The Hall–Kier alpha value is -1.82. The van der Waals surface area contributed by atoms with Crippen LogP contribution in [0.25, 0.3) is 0 Å². The fourth-order valence-electron chi connectivity index (χ4n) is 2.30. The monoisotopic (exact) mass is 296 g/mol. The van der Waals surface area contributed by atoms with Crippen LogP contribution in [0.15, 0.2) is 18.2 Å². The molecule has 1 aromatic rings. The lowest BCUT2D eigenvalue weighted by Crippen LogP contribution is -2.47. The molecule has 2 N–H and O–H groups in total. The van der Waals surface area contributed by atoms with Crippen LogP contribution in [0.5, 0.6) is 5.75 Å². The van der Waals surface area contributed by atoms with Crippen molar-refractivity contribution < 1.29 is 19.0 Å². The zero-order chi connectivity index (χ0) is 15.4. The van der Waals surface area contributed by atoms with Crippen LogP contribution in [0.3, 0.4) is 0 Å². The molecule has 1 fully saturated rings. The van der Waals surface area contributed by atoms with Crippen LogP contribution < -0.4 is 10.1 Å². The molecular weight excluding hydrogens is 275 g/mol. The van der Waals surface area contributed by atoms with E-state index in [0.717, 1.165) is 6.42 Å². The van der Waals surface area contributed by atoms with Gasteiger partial charge in [0.1, 0.15) is 11.6 Å². The molecular formula is C15H21FN2O3. The number of halogens is 1. The first-order valence-electron chi connectivity index (χ1n) is 7.17. The molecule has 0 bridgehead atoms. The van der Waals surface area contributed by atoms with Gasteiger partial charge in [-0.05, 0) is 31.4 Å². The molecule has 1 saturated heterocycles. The number of nitrogens with one attached hydrogen (secondary N) is 1. The second-order valence-electron chi connectivity index (χ2n) is 5.28. The average Bonchev–Trinajstić information content (AvgIpc) is 2.45. The van der Waals surface area contributed by atoms with Gasteiger partial charge >= 0.3 is 6.03 Å². The Bertz CT molecular complexity index is 510. The molecule has 1 aliphatic heterocycles. The number of piperidine rings is 1. The molecule has 2 amide bonds. The van der Waals surface area contributed by atoms with E-state index in [1.165, 1.54) is 18.2 Å². The number of benzene rings is 1. The lowest BCUT2D eigenvalue weighted by atomic mass is 9.96. The van der Waals surface area contributed by atoms with E-state index in [-0.39, 0.29) is 11.9 Å². The van der Waals surface area contributed by atoms with Gasteiger partial charge in [-0.3, -0.25) is 0 Å². The van der Waals surface area contributed by atoms with Gasteiger partial charge in [0.2, 0.25) is 0 Å². The number of rotatable bonds is 3. The third kappa shape index (κ3) is 3.85. The van der Waals surface area contributed by atoms with Gasteiger partial charge < -0.3 is 20.1 Å². The SMILES string of the molecule is CCOc1cc(F)ccc1NC(=O)N1CCC(C)C(O)C1. The molecule has 116 valence electrons. The molecule has 1 aliphatic rings. The number of carbonyl (C=O) groups excluding carboxylic acids is 1. The fourth-order valence-corrected chi connectivity index (χ4v) is 2.30. The summed E-state index contributed by atoms with van der Waals surface area (Å²) in [6, 6.07) is 3.67. The van der Waals surface area contributed by atoms with Crippen LogP contribution >= 0.6 is 0 Å². The number of β-amino-alcohol motifs (C(OH)–C–C–N with tert-alkyl or cyclic N) is 1. The summed E-state index contributed by atoms with van der Waals surface area (Å²) in [6.07, 6.45) is 0.250. The maximum absolute atomic E-state index is 13.2. The minimum absolute atomic E-state index is 0.193. The van der Waals surface area contributed by atoms with Gasteiger partial charge in [-0.1, -0.05) is 6.92 Å². The Labute approximate surface area is 123 Å². The molecule has 1 heterocycles. The second kappa shape index (κ2) is 6.76. The van der Waals surface area contributed by atoms with Gasteiger partial charge in [0, 0.05) is 19.2 Å². The number of likely N-dealkylation sites (tertiary alicyclic amines) is 1. The van der Waals surface area contributed by atoms with E-state index in [1.807, 2.05) is 6.92 Å². The minimum Gasteiger partial charge on any atom is -0.492 e. The quantitative estimate of drug-likeness (QED) is 0.900. The second-order valence-corrected chi connectivity index (χ2v) is 5.28. The predicted octanol–water partition coefficient (Wildman–Crippen LogP) is 2.46. The van der Waals surface area contributed by atoms with Gasteiger partial charge in [-0.15, -0.1) is 0 Å². The van der Waals surface area contributed by atoms with E-state index in [4.69, 9.17) is 4.74 Å². The molecule has 2 atom stereocenters. The maximum Gasteiger partial charge on any atom is 0.322 e. The number of urea groups is 1. The van der Waals surface area contributed by atoms with Crippen molar-refractivity contribution in [3.05, 3.63) is 24.0 Å². The molecule has 1 aromatic carbocycles. The molecule has 5 nitrogen and oxygen atoms in total. The average molecular weight is 296 g/mol. The van der Waals surface area contributed by atoms with Crippen LogP contribution in [0, 0.1) is 11.7 Å². The van der Waals surface area contributed by atoms with Crippen molar-refractivity contribution in [2.24, 2.45) is 5.92 Å². The molecule has 0 radical (unpaired) electrons. The van der Waals surface area contributed by atoms with Crippen molar-refractivity contribution in [1.82, 2.24) is 4.90 Å². The van der Waals surface area contributed by atoms with Crippen LogP contribution in [0.1, 0.15) is 20.3 Å². The summed E-state index contributed by atoms with van der Waals surface area (Å²) in [4.78, 5) is 13.8. The molecule has 0 saturated carbocycles. The standard InChI is InChI=1S/C15H21FN2O3/c1-3-21-14-8-11(16)4-5-12(14)17-15(20)18-7-6-10(2)13(19)9-18/h4-5,8,10,13,19H,3,6-7,9H2,1-2H3,(H,17,20). The number of nitrogens with zero attached hydrogens (tertiary/aromatic N) is 1. The Morgan fingerprint density at radius 1 is 1.57 bits per heavy atom. The molecule has 2 unspecified atom stereocenters. The third-order valence-electron chi connectivity index (χ3n) is 3.69. The number of carbonyl (C=O) groups is 1. The van der Waals surface area contributed by atoms with Crippen molar-refractivity contribution in [2.75, 3.05) is 25.0 Å². The van der Waals surface area contributed by atoms with Gasteiger partial charge in [-0.25, -0.2) is 9.18 Å². The van der Waals surface area contributed by atoms with Gasteiger partial charge in [0.25, 0.3) is 0 Å². The van der Waals surface area contributed by atoms with E-state index in [9.17, 15) is 14.3 Å².